The fraction of sp³-hybridized carbons (Fsp3) is 0.412. The summed E-state index contributed by atoms with van der Waals surface area (Å²) >= 11 is 0. The summed E-state index contributed by atoms with van der Waals surface area (Å²) in [6, 6.07) is 4.76. The molecule has 0 radical (unpaired) electrons. The SMILES string of the molecule is CC(C)(C)c1cnc(CN2C(=O)N[C@@](C)(c3ccccn3)C2=O)o1. The van der Waals surface area contributed by atoms with Gasteiger partial charge in [-0.1, -0.05) is 26.8 Å². The number of hydrogen-bond acceptors (Lipinski definition) is 5. The van der Waals surface area contributed by atoms with Gasteiger partial charge in [0.15, 0.2) is 5.54 Å². The fourth-order valence-electron chi connectivity index (χ4n) is 2.54. The van der Waals surface area contributed by atoms with Gasteiger partial charge in [0.2, 0.25) is 5.89 Å². The van der Waals surface area contributed by atoms with Crippen LogP contribution in [-0.2, 0) is 22.3 Å². The summed E-state index contributed by atoms with van der Waals surface area (Å²) < 4.78 is 5.68. The first-order chi connectivity index (χ1) is 11.2. The Morgan fingerprint density at radius 3 is 2.58 bits per heavy atom. The summed E-state index contributed by atoms with van der Waals surface area (Å²) in [7, 11) is 0. The minimum atomic E-state index is -1.18. The van der Waals surface area contributed by atoms with E-state index in [1.54, 1.807) is 37.5 Å². The molecule has 7 nitrogen and oxygen atoms in total. The average Bonchev–Trinajstić information content (AvgIpc) is 3.08. The number of amides is 3. The quantitative estimate of drug-likeness (QED) is 0.874. The number of urea groups is 1. The number of imide groups is 1. The maximum atomic E-state index is 12.8. The van der Waals surface area contributed by atoms with Crippen molar-refractivity contribution >= 4 is 11.9 Å². The van der Waals surface area contributed by atoms with Crippen LogP contribution in [-0.4, -0.2) is 26.8 Å². The van der Waals surface area contributed by atoms with Gasteiger partial charge in [0.1, 0.15) is 12.3 Å². The molecular formula is C17H20N4O3. The Labute approximate surface area is 140 Å². The molecule has 0 aliphatic carbocycles. The first kappa shape index (κ1) is 16.2. The third-order valence-electron chi connectivity index (χ3n) is 4.04. The summed E-state index contributed by atoms with van der Waals surface area (Å²) in [4.78, 5) is 34.5. The van der Waals surface area contributed by atoms with E-state index in [4.69, 9.17) is 4.42 Å². The van der Waals surface area contributed by atoms with E-state index in [9.17, 15) is 9.59 Å². The number of rotatable bonds is 3. The van der Waals surface area contributed by atoms with E-state index in [2.05, 4.69) is 15.3 Å². The van der Waals surface area contributed by atoms with Gasteiger partial charge < -0.3 is 9.73 Å². The molecule has 0 spiro atoms. The molecule has 1 aliphatic rings. The molecule has 0 saturated carbocycles. The van der Waals surface area contributed by atoms with Crippen LogP contribution in [0.15, 0.2) is 35.0 Å². The van der Waals surface area contributed by atoms with Crippen LogP contribution in [0.3, 0.4) is 0 Å². The highest BCUT2D eigenvalue weighted by Gasteiger charge is 2.50. The number of oxazole rings is 1. The number of hydrogen-bond donors (Lipinski definition) is 1. The Hall–Kier alpha value is -2.70. The molecule has 3 amide bonds. The Kier molecular flexibility index (Phi) is 3.66. The third kappa shape index (κ3) is 2.66. The Morgan fingerprint density at radius 1 is 1.25 bits per heavy atom. The van der Waals surface area contributed by atoms with Crippen LogP contribution in [0.25, 0.3) is 0 Å². The molecule has 0 bridgehead atoms. The zero-order valence-electron chi connectivity index (χ0n) is 14.2. The summed E-state index contributed by atoms with van der Waals surface area (Å²) in [6.07, 6.45) is 3.22. The van der Waals surface area contributed by atoms with Gasteiger partial charge in [0.05, 0.1) is 11.9 Å². The van der Waals surface area contributed by atoms with Crippen LogP contribution in [0.5, 0.6) is 0 Å². The van der Waals surface area contributed by atoms with Crippen LogP contribution in [0.2, 0.25) is 0 Å². The molecule has 0 aromatic carbocycles. The molecule has 1 atom stereocenters. The van der Waals surface area contributed by atoms with Gasteiger partial charge >= 0.3 is 6.03 Å². The smallest absolute Gasteiger partial charge is 0.325 e. The van der Waals surface area contributed by atoms with E-state index in [1.165, 1.54) is 0 Å². The number of aromatic nitrogens is 2. The van der Waals surface area contributed by atoms with Crippen LogP contribution >= 0.6 is 0 Å². The van der Waals surface area contributed by atoms with Crippen LogP contribution in [0.4, 0.5) is 4.79 Å². The summed E-state index contributed by atoms with van der Waals surface area (Å²) in [5, 5.41) is 2.71. The van der Waals surface area contributed by atoms with Crippen LogP contribution < -0.4 is 5.32 Å². The molecular weight excluding hydrogens is 308 g/mol. The topological polar surface area (TPSA) is 88.3 Å². The minimum Gasteiger partial charge on any atom is -0.443 e. The van der Waals surface area contributed by atoms with Crippen molar-refractivity contribution in [2.75, 3.05) is 0 Å². The van der Waals surface area contributed by atoms with Crippen molar-refractivity contribution in [2.24, 2.45) is 0 Å². The second-order valence-corrected chi connectivity index (χ2v) is 7.03. The lowest BCUT2D eigenvalue weighted by Gasteiger charge is -2.20. The summed E-state index contributed by atoms with van der Waals surface area (Å²) in [5.74, 6) is 0.660. The maximum Gasteiger partial charge on any atom is 0.325 e. The van der Waals surface area contributed by atoms with E-state index in [-0.39, 0.29) is 17.9 Å². The molecule has 2 aromatic rings. The zero-order chi connectivity index (χ0) is 17.5. The number of carbonyl (C=O) groups is 2. The monoisotopic (exact) mass is 328 g/mol. The largest absolute Gasteiger partial charge is 0.443 e. The van der Waals surface area contributed by atoms with Crippen LogP contribution in [0.1, 0.15) is 45.0 Å². The van der Waals surface area contributed by atoms with Crippen molar-refractivity contribution in [2.45, 2.75) is 45.2 Å². The second-order valence-electron chi connectivity index (χ2n) is 7.03. The fourth-order valence-corrected chi connectivity index (χ4v) is 2.54. The highest BCUT2D eigenvalue weighted by molar-refractivity contribution is 6.06. The molecule has 1 saturated heterocycles. The lowest BCUT2D eigenvalue weighted by Crippen LogP contribution is -2.41. The van der Waals surface area contributed by atoms with Crippen molar-refractivity contribution < 1.29 is 14.0 Å². The van der Waals surface area contributed by atoms with Gasteiger partial charge in [0, 0.05) is 11.6 Å². The molecule has 1 aliphatic heterocycles. The van der Waals surface area contributed by atoms with Gasteiger partial charge in [-0.3, -0.25) is 14.7 Å². The number of carbonyl (C=O) groups excluding carboxylic acids is 2. The van der Waals surface area contributed by atoms with E-state index in [1.807, 2.05) is 20.8 Å². The van der Waals surface area contributed by atoms with Gasteiger partial charge in [-0.25, -0.2) is 9.78 Å². The van der Waals surface area contributed by atoms with E-state index in [0.29, 0.717) is 17.3 Å². The average molecular weight is 328 g/mol. The van der Waals surface area contributed by atoms with Crippen molar-refractivity contribution in [3.8, 4) is 0 Å². The predicted molar refractivity (Wildman–Crippen MR) is 85.9 cm³/mol. The number of nitrogens with zero attached hydrogens (tertiary/aromatic N) is 3. The van der Waals surface area contributed by atoms with Gasteiger partial charge in [-0.15, -0.1) is 0 Å². The molecule has 0 unspecified atom stereocenters. The summed E-state index contributed by atoms with van der Waals surface area (Å²) in [5.41, 5.74) is -0.878. The molecule has 7 heteroatoms. The molecule has 126 valence electrons. The van der Waals surface area contributed by atoms with Gasteiger partial charge in [0.25, 0.3) is 5.91 Å². The Balaban J connectivity index is 1.84. The first-order valence-electron chi connectivity index (χ1n) is 7.72. The molecule has 1 fully saturated rings. The zero-order valence-corrected chi connectivity index (χ0v) is 14.2. The molecule has 3 rings (SSSR count). The second kappa shape index (κ2) is 5.43. The van der Waals surface area contributed by atoms with Crippen molar-refractivity contribution in [3.05, 3.63) is 47.9 Å². The van der Waals surface area contributed by atoms with E-state index < -0.39 is 11.6 Å². The van der Waals surface area contributed by atoms with Crippen molar-refractivity contribution in [1.82, 2.24) is 20.2 Å². The number of pyridine rings is 1. The van der Waals surface area contributed by atoms with Crippen molar-refractivity contribution in [3.63, 3.8) is 0 Å². The first-order valence-corrected chi connectivity index (χ1v) is 7.72. The lowest BCUT2D eigenvalue weighted by atomic mass is 9.94. The maximum absolute atomic E-state index is 12.8. The van der Waals surface area contributed by atoms with E-state index in [0.717, 1.165) is 4.90 Å². The van der Waals surface area contributed by atoms with Crippen molar-refractivity contribution in [1.29, 1.82) is 0 Å². The predicted octanol–water partition coefficient (Wildman–Crippen LogP) is 2.33. The Bertz CT molecular complexity index is 779. The van der Waals surface area contributed by atoms with Crippen LogP contribution in [0, 0.1) is 0 Å². The molecule has 3 heterocycles. The third-order valence-corrected chi connectivity index (χ3v) is 4.04. The molecule has 24 heavy (non-hydrogen) atoms. The minimum absolute atomic E-state index is 0.0107. The number of nitrogens with one attached hydrogen (secondary N) is 1. The van der Waals surface area contributed by atoms with E-state index >= 15 is 0 Å². The van der Waals surface area contributed by atoms with Gasteiger partial charge in [-0.05, 0) is 19.1 Å². The Morgan fingerprint density at radius 2 is 2.00 bits per heavy atom. The van der Waals surface area contributed by atoms with Gasteiger partial charge in [-0.2, -0.15) is 0 Å². The molecule has 1 N–H and O–H groups in total. The lowest BCUT2D eigenvalue weighted by molar-refractivity contribution is -0.131. The highest BCUT2D eigenvalue weighted by Crippen LogP contribution is 2.29. The highest BCUT2D eigenvalue weighted by atomic mass is 16.4. The normalized spacial score (nSPS) is 21.2. The summed E-state index contributed by atoms with van der Waals surface area (Å²) in [6.45, 7) is 7.64. The molecule has 2 aromatic heterocycles. The standard InChI is InChI=1S/C17H20N4O3/c1-16(2,3)12-9-19-13(24-12)10-21-14(22)17(4,20-15(21)23)11-7-5-6-8-18-11/h5-9H,10H2,1-4H3,(H,20,23)/t17-/m0/s1.